The lowest BCUT2D eigenvalue weighted by atomic mass is 10.2. The van der Waals surface area contributed by atoms with E-state index in [0.29, 0.717) is 0 Å². The summed E-state index contributed by atoms with van der Waals surface area (Å²) in [5.41, 5.74) is 1.95. The number of furan rings is 1. The first kappa shape index (κ1) is 6.92. The maximum absolute atomic E-state index is 5.17. The molecule has 2 rings (SSSR count). The molecule has 0 aliphatic carbocycles. The molecule has 0 fully saturated rings. The van der Waals surface area contributed by atoms with E-state index >= 15 is 0 Å². The predicted molar refractivity (Wildman–Crippen MR) is 47.5 cm³/mol. The fourth-order valence-corrected chi connectivity index (χ4v) is 1.42. The van der Waals surface area contributed by atoms with Crippen LogP contribution in [0.25, 0.3) is 11.0 Å². The highest BCUT2D eigenvalue weighted by Crippen LogP contribution is 2.23. The number of hydrogen-bond acceptors (Lipinski definition) is 1. The average Bonchev–Trinajstić information content (AvgIpc) is 2.32. The third-order valence-corrected chi connectivity index (χ3v) is 2.15. The number of halogens is 1. The third kappa shape index (κ3) is 1.07. The Labute approximate surface area is 73.1 Å². The summed E-state index contributed by atoms with van der Waals surface area (Å²) in [6.07, 6.45) is 2.81. The van der Waals surface area contributed by atoms with Gasteiger partial charge in [0.1, 0.15) is 5.58 Å². The molecular weight excluding hydrogens is 204 g/mol. The minimum absolute atomic E-state index is 0.886. The molecule has 2 aromatic rings. The van der Waals surface area contributed by atoms with Gasteiger partial charge in [0.05, 0.1) is 0 Å². The molecule has 0 N–H and O–H groups in total. The normalized spacial score (nSPS) is 10.7. The van der Waals surface area contributed by atoms with Crippen LogP contribution in [0.5, 0.6) is 0 Å². The fraction of sp³-hybridized carbons (Fsp3) is 0.111. The standard InChI is InChI=1S/C9H6BrO/c1-6-5-11-9-4-7(10)2-3-8(6)9/h2-4H,1H3. The second kappa shape index (κ2) is 2.38. The molecule has 1 heterocycles. The van der Waals surface area contributed by atoms with Crippen molar-refractivity contribution in [2.24, 2.45) is 0 Å². The van der Waals surface area contributed by atoms with Crippen molar-refractivity contribution in [2.75, 3.05) is 0 Å². The van der Waals surface area contributed by atoms with Crippen LogP contribution >= 0.6 is 15.9 Å². The van der Waals surface area contributed by atoms with Gasteiger partial charge >= 0.3 is 0 Å². The van der Waals surface area contributed by atoms with Crippen LogP contribution in [-0.2, 0) is 0 Å². The van der Waals surface area contributed by atoms with E-state index in [0.717, 1.165) is 21.0 Å². The molecule has 0 bridgehead atoms. The van der Waals surface area contributed by atoms with E-state index in [2.05, 4.69) is 22.2 Å². The molecule has 2 heteroatoms. The minimum Gasteiger partial charge on any atom is -0.452 e. The number of rotatable bonds is 0. The Bertz CT molecular complexity index is 389. The highest BCUT2D eigenvalue weighted by Gasteiger charge is 2.01. The van der Waals surface area contributed by atoms with Gasteiger partial charge in [-0.15, -0.1) is 0 Å². The molecule has 0 saturated heterocycles. The number of aryl methyl sites for hydroxylation is 1. The zero-order chi connectivity index (χ0) is 7.84. The molecule has 0 spiro atoms. The van der Waals surface area contributed by atoms with Gasteiger partial charge in [0.25, 0.3) is 0 Å². The van der Waals surface area contributed by atoms with Crippen molar-refractivity contribution in [3.8, 4) is 0 Å². The Morgan fingerprint density at radius 1 is 1.45 bits per heavy atom. The smallest absolute Gasteiger partial charge is 0.173 e. The minimum atomic E-state index is 0.886. The monoisotopic (exact) mass is 209 g/mol. The second-order valence-electron chi connectivity index (χ2n) is 2.47. The van der Waals surface area contributed by atoms with Crippen molar-refractivity contribution >= 4 is 26.9 Å². The molecular formula is C9H6BrO. The first-order valence-electron chi connectivity index (χ1n) is 3.34. The van der Waals surface area contributed by atoms with Crippen LogP contribution in [-0.4, -0.2) is 0 Å². The van der Waals surface area contributed by atoms with Gasteiger partial charge < -0.3 is 4.42 Å². The fourth-order valence-electron chi connectivity index (χ4n) is 1.08. The van der Waals surface area contributed by atoms with Gasteiger partial charge in [-0.2, -0.15) is 0 Å². The molecule has 1 radical (unpaired) electrons. The summed E-state index contributed by atoms with van der Waals surface area (Å²) in [6.45, 7) is 1.99. The Morgan fingerprint density at radius 3 is 3.09 bits per heavy atom. The quantitative estimate of drug-likeness (QED) is 0.650. The molecule has 11 heavy (non-hydrogen) atoms. The van der Waals surface area contributed by atoms with Gasteiger partial charge in [-0.3, -0.25) is 0 Å². The van der Waals surface area contributed by atoms with Crippen molar-refractivity contribution in [1.82, 2.24) is 0 Å². The van der Waals surface area contributed by atoms with E-state index in [1.54, 1.807) is 0 Å². The Kier molecular flexibility index (Phi) is 1.50. The van der Waals surface area contributed by atoms with Gasteiger partial charge in [0.15, 0.2) is 6.26 Å². The molecule has 0 amide bonds. The lowest BCUT2D eigenvalue weighted by Crippen LogP contribution is -1.67. The summed E-state index contributed by atoms with van der Waals surface area (Å²) in [7, 11) is 0. The number of benzene rings is 1. The molecule has 1 aromatic heterocycles. The third-order valence-electron chi connectivity index (χ3n) is 1.66. The summed E-state index contributed by atoms with van der Waals surface area (Å²) < 4.78 is 6.21. The summed E-state index contributed by atoms with van der Waals surface area (Å²) in [5, 5.41) is 1.13. The highest BCUT2D eigenvalue weighted by atomic mass is 79.9. The summed E-state index contributed by atoms with van der Waals surface area (Å²) >= 11 is 3.37. The van der Waals surface area contributed by atoms with E-state index in [1.807, 2.05) is 25.1 Å². The van der Waals surface area contributed by atoms with Gasteiger partial charge in [0, 0.05) is 15.4 Å². The predicted octanol–water partition coefficient (Wildman–Crippen LogP) is 3.30. The number of fused-ring (bicyclic) bond motifs is 1. The lowest BCUT2D eigenvalue weighted by molar-refractivity contribution is 0.603. The molecule has 0 aliphatic rings. The first-order valence-corrected chi connectivity index (χ1v) is 4.13. The van der Waals surface area contributed by atoms with Gasteiger partial charge in [-0.1, -0.05) is 15.9 Å². The lowest BCUT2D eigenvalue weighted by Gasteiger charge is -1.89. The summed E-state index contributed by atoms with van der Waals surface area (Å²) in [5.74, 6) is 0. The molecule has 0 atom stereocenters. The highest BCUT2D eigenvalue weighted by molar-refractivity contribution is 9.10. The second-order valence-corrected chi connectivity index (χ2v) is 3.39. The van der Waals surface area contributed by atoms with Crippen LogP contribution in [0.15, 0.2) is 27.1 Å². The van der Waals surface area contributed by atoms with E-state index in [-0.39, 0.29) is 0 Å². The van der Waals surface area contributed by atoms with E-state index in [1.165, 1.54) is 0 Å². The molecule has 55 valence electrons. The van der Waals surface area contributed by atoms with Crippen LogP contribution in [0.2, 0.25) is 0 Å². The summed E-state index contributed by atoms with van der Waals surface area (Å²) in [4.78, 5) is 0. The topological polar surface area (TPSA) is 13.1 Å². The van der Waals surface area contributed by atoms with Crippen molar-refractivity contribution < 1.29 is 4.42 Å². The average molecular weight is 210 g/mol. The number of hydrogen-bond donors (Lipinski definition) is 0. The van der Waals surface area contributed by atoms with E-state index < -0.39 is 0 Å². The van der Waals surface area contributed by atoms with Crippen LogP contribution < -0.4 is 0 Å². The molecule has 1 nitrogen and oxygen atoms in total. The largest absolute Gasteiger partial charge is 0.452 e. The zero-order valence-corrected chi connectivity index (χ0v) is 7.60. The molecule has 0 saturated carbocycles. The molecule has 0 unspecified atom stereocenters. The van der Waals surface area contributed by atoms with Crippen LogP contribution in [0.4, 0.5) is 0 Å². The zero-order valence-electron chi connectivity index (χ0n) is 6.02. The Hall–Kier alpha value is -0.760. The van der Waals surface area contributed by atoms with Crippen molar-refractivity contribution in [1.29, 1.82) is 0 Å². The molecule has 0 aliphatic heterocycles. The van der Waals surface area contributed by atoms with Crippen molar-refractivity contribution in [2.45, 2.75) is 6.92 Å². The van der Waals surface area contributed by atoms with Crippen LogP contribution in [0, 0.1) is 13.2 Å². The molecule has 1 aromatic carbocycles. The van der Waals surface area contributed by atoms with E-state index in [4.69, 9.17) is 4.42 Å². The maximum atomic E-state index is 5.17. The van der Waals surface area contributed by atoms with Crippen LogP contribution in [0.1, 0.15) is 5.56 Å². The van der Waals surface area contributed by atoms with Gasteiger partial charge in [-0.25, -0.2) is 0 Å². The van der Waals surface area contributed by atoms with Gasteiger partial charge in [0.2, 0.25) is 0 Å². The van der Waals surface area contributed by atoms with E-state index in [9.17, 15) is 0 Å². The van der Waals surface area contributed by atoms with Crippen molar-refractivity contribution in [3.05, 3.63) is 34.5 Å². The maximum Gasteiger partial charge on any atom is 0.173 e. The Balaban J connectivity index is 2.86. The SMILES string of the molecule is Cc1[c]oc2cc(Br)ccc12. The van der Waals surface area contributed by atoms with Gasteiger partial charge in [-0.05, 0) is 25.1 Å². The van der Waals surface area contributed by atoms with Crippen molar-refractivity contribution in [3.63, 3.8) is 0 Å². The first-order chi connectivity index (χ1) is 5.27. The van der Waals surface area contributed by atoms with Crippen LogP contribution in [0.3, 0.4) is 0 Å². The summed E-state index contributed by atoms with van der Waals surface area (Å²) in [6, 6.07) is 5.96. The Morgan fingerprint density at radius 2 is 2.27 bits per heavy atom.